The minimum atomic E-state index is -1.20. The van der Waals surface area contributed by atoms with Crippen LogP contribution in [0.25, 0.3) is 0 Å². The number of carboxylic acid groups (broad SMARTS) is 2. The monoisotopic (exact) mass is 247 g/mol. The largest absolute Gasteiger partial charge is 0.480 e. The van der Waals surface area contributed by atoms with Gasteiger partial charge in [-0.3, -0.25) is 4.79 Å². The summed E-state index contributed by atoms with van der Waals surface area (Å²) in [6, 6.07) is -1.84. The van der Waals surface area contributed by atoms with Gasteiger partial charge in [-0.15, -0.1) is 0 Å². The summed E-state index contributed by atoms with van der Waals surface area (Å²) in [6.45, 7) is -0.0987. The molecule has 0 bridgehead atoms. The third kappa shape index (κ3) is 8.03. The van der Waals surface area contributed by atoms with Gasteiger partial charge < -0.3 is 26.6 Å². The van der Waals surface area contributed by atoms with Gasteiger partial charge in [0.2, 0.25) is 0 Å². The van der Waals surface area contributed by atoms with Gasteiger partial charge in [-0.2, -0.15) is 0 Å². The van der Waals surface area contributed by atoms with Crippen molar-refractivity contribution in [3.63, 3.8) is 0 Å². The van der Waals surface area contributed by atoms with Crippen LogP contribution < -0.4 is 16.4 Å². The van der Waals surface area contributed by atoms with Crippen LogP contribution >= 0.6 is 0 Å². The van der Waals surface area contributed by atoms with E-state index in [1.165, 1.54) is 0 Å². The highest BCUT2D eigenvalue weighted by atomic mass is 16.4. The number of hydrogen-bond acceptors (Lipinski definition) is 4. The van der Waals surface area contributed by atoms with Crippen LogP contribution in [0.15, 0.2) is 0 Å². The summed E-state index contributed by atoms with van der Waals surface area (Å²) in [4.78, 5) is 32.1. The third-order valence-electron chi connectivity index (χ3n) is 1.95. The Kier molecular flexibility index (Phi) is 7.44. The summed E-state index contributed by atoms with van der Waals surface area (Å²) in [7, 11) is 0. The predicted octanol–water partition coefficient (Wildman–Crippen LogP) is -1.05. The number of aliphatic carboxylic acids is 2. The van der Waals surface area contributed by atoms with E-state index in [4.69, 9.17) is 15.9 Å². The number of urea groups is 1. The molecule has 0 saturated carbocycles. The summed E-state index contributed by atoms with van der Waals surface area (Å²) in [5.74, 6) is -2.36. The SMILES string of the molecule is NCCCCC(NC(=O)NCC(=O)O)C(=O)O. The minimum Gasteiger partial charge on any atom is -0.480 e. The molecule has 8 nitrogen and oxygen atoms in total. The van der Waals surface area contributed by atoms with Crippen molar-refractivity contribution in [2.75, 3.05) is 13.1 Å². The maximum Gasteiger partial charge on any atom is 0.326 e. The molecule has 6 N–H and O–H groups in total. The van der Waals surface area contributed by atoms with E-state index in [-0.39, 0.29) is 6.42 Å². The first-order valence-electron chi connectivity index (χ1n) is 5.16. The lowest BCUT2D eigenvalue weighted by Crippen LogP contribution is -2.47. The molecule has 1 unspecified atom stereocenters. The lowest BCUT2D eigenvalue weighted by molar-refractivity contribution is -0.139. The quantitative estimate of drug-likeness (QED) is 0.346. The van der Waals surface area contributed by atoms with Gasteiger partial charge in [0.1, 0.15) is 12.6 Å². The molecule has 0 rings (SSSR count). The zero-order valence-corrected chi connectivity index (χ0v) is 9.31. The van der Waals surface area contributed by atoms with Crippen molar-refractivity contribution in [2.45, 2.75) is 25.3 Å². The second-order valence-electron chi connectivity index (χ2n) is 3.40. The summed E-state index contributed by atoms with van der Waals surface area (Å²) < 4.78 is 0. The standard InChI is InChI=1S/C9H17N3O5/c10-4-2-1-3-6(8(15)16)12-9(17)11-5-7(13)14/h6H,1-5,10H2,(H,13,14)(H,15,16)(H2,11,12,17). The van der Waals surface area contributed by atoms with E-state index in [1.807, 2.05) is 5.32 Å². The van der Waals surface area contributed by atoms with Gasteiger partial charge in [-0.25, -0.2) is 9.59 Å². The Morgan fingerprint density at radius 1 is 1.18 bits per heavy atom. The van der Waals surface area contributed by atoms with Crippen LogP contribution in [-0.2, 0) is 9.59 Å². The molecule has 0 aliphatic heterocycles. The zero-order chi connectivity index (χ0) is 13.3. The molecule has 0 aliphatic carbocycles. The van der Waals surface area contributed by atoms with E-state index in [0.29, 0.717) is 19.4 Å². The zero-order valence-electron chi connectivity index (χ0n) is 9.31. The fourth-order valence-corrected chi connectivity index (χ4v) is 1.12. The van der Waals surface area contributed by atoms with Gasteiger partial charge in [0.25, 0.3) is 0 Å². The molecule has 0 fully saturated rings. The number of nitrogens with one attached hydrogen (secondary N) is 2. The molecule has 0 saturated heterocycles. The predicted molar refractivity (Wildman–Crippen MR) is 58.5 cm³/mol. The molecular weight excluding hydrogens is 230 g/mol. The number of unbranched alkanes of at least 4 members (excludes halogenated alkanes) is 1. The van der Waals surface area contributed by atoms with E-state index in [1.54, 1.807) is 0 Å². The number of amides is 2. The smallest absolute Gasteiger partial charge is 0.326 e. The van der Waals surface area contributed by atoms with Crippen molar-refractivity contribution in [1.29, 1.82) is 0 Å². The van der Waals surface area contributed by atoms with Gasteiger partial charge in [0.05, 0.1) is 0 Å². The number of nitrogens with two attached hydrogens (primary N) is 1. The molecule has 0 spiro atoms. The highest BCUT2D eigenvalue weighted by Gasteiger charge is 2.19. The normalized spacial score (nSPS) is 11.6. The first kappa shape index (κ1) is 15.2. The van der Waals surface area contributed by atoms with Crippen LogP contribution in [-0.4, -0.2) is 47.3 Å². The molecular formula is C9H17N3O5. The summed E-state index contributed by atoms with van der Waals surface area (Å²) >= 11 is 0. The number of rotatable bonds is 8. The van der Waals surface area contributed by atoms with E-state index >= 15 is 0 Å². The van der Waals surface area contributed by atoms with E-state index < -0.39 is 30.6 Å². The summed E-state index contributed by atoms with van der Waals surface area (Å²) in [6.07, 6.45) is 1.50. The first-order valence-corrected chi connectivity index (χ1v) is 5.16. The summed E-state index contributed by atoms with van der Waals surface area (Å²) in [5, 5.41) is 21.3. The van der Waals surface area contributed by atoms with Crippen LogP contribution in [0.4, 0.5) is 4.79 Å². The van der Waals surface area contributed by atoms with Gasteiger partial charge in [-0.1, -0.05) is 0 Å². The average molecular weight is 247 g/mol. The first-order chi connectivity index (χ1) is 7.97. The fraction of sp³-hybridized carbons (Fsp3) is 0.667. The second-order valence-corrected chi connectivity index (χ2v) is 3.40. The Morgan fingerprint density at radius 2 is 1.82 bits per heavy atom. The van der Waals surface area contributed by atoms with E-state index in [9.17, 15) is 14.4 Å². The Balaban J connectivity index is 4.02. The molecule has 98 valence electrons. The Hall–Kier alpha value is -1.83. The fourth-order valence-electron chi connectivity index (χ4n) is 1.12. The van der Waals surface area contributed by atoms with Crippen LogP contribution in [0, 0.1) is 0 Å². The van der Waals surface area contributed by atoms with Crippen LogP contribution in [0.1, 0.15) is 19.3 Å². The summed E-state index contributed by atoms with van der Waals surface area (Å²) in [5.41, 5.74) is 5.26. The molecule has 0 aromatic heterocycles. The lowest BCUT2D eigenvalue weighted by Gasteiger charge is -2.14. The number of hydrogen-bond donors (Lipinski definition) is 5. The van der Waals surface area contributed by atoms with Gasteiger partial charge in [0.15, 0.2) is 0 Å². The molecule has 0 radical (unpaired) electrons. The van der Waals surface area contributed by atoms with Crippen molar-refractivity contribution >= 4 is 18.0 Å². The molecule has 17 heavy (non-hydrogen) atoms. The van der Waals surface area contributed by atoms with Crippen molar-refractivity contribution in [3.05, 3.63) is 0 Å². The van der Waals surface area contributed by atoms with Gasteiger partial charge >= 0.3 is 18.0 Å². The number of carboxylic acids is 2. The number of carbonyl (C=O) groups is 3. The molecule has 8 heteroatoms. The van der Waals surface area contributed by atoms with E-state index in [0.717, 1.165) is 0 Å². The van der Waals surface area contributed by atoms with Crippen molar-refractivity contribution < 1.29 is 24.6 Å². The minimum absolute atomic E-state index is 0.257. The van der Waals surface area contributed by atoms with Crippen molar-refractivity contribution in [1.82, 2.24) is 10.6 Å². The van der Waals surface area contributed by atoms with Gasteiger partial charge in [-0.05, 0) is 25.8 Å². The van der Waals surface area contributed by atoms with Crippen molar-refractivity contribution in [2.24, 2.45) is 5.73 Å². The van der Waals surface area contributed by atoms with Crippen LogP contribution in [0.5, 0.6) is 0 Å². The molecule has 2 amide bonds. The second kappa shape index (κ2) is 8.34. The maximum absolute atomic E-state index is 11.1. The average Bonchev–Trinajstić information content (AvgIpc) is 2.25. The Labute approximate surface area is 98.2 Å². The Bertz CT molecular complexity index is 282. The van der Waals surface area contributed by atoms with Crippen LogP contribution in [0.3, 0.4) is 0 Å². The van der Waals surface area contributed by atoms with Crippen LogP contribution in [0.2, 0.25) is 0 Å². The topological polar surface area (TPSA) is 142 Å². The molecule has 0 aromatic carbocycles. The van der Waals surface area contributed by atoms with Crippen molar-refractivity contribution in [3.8, 4) is 0 Å². The third-order valence-corrected chi connectivity index (χ3v) is 1.95. The van der Waals surface area contributed by atoms with Gasteiger partial charge in [0, 0.05) is 0 Å². The molecule has 1 atom stereocenters. The highest BCUT2D eigenvalue weighted by molar-refractivity contribution is 5.84. The lowest BCUT2D eigenvalue weighted by atomic mass is 10.1. The van der Waals surface area contributed by atoms with E-state index in [2.05, 4.69) is 5.32 Å². The highest BCUT2D eigenvalue weighted by Crippen LogP contribution is 2.00. The molecule has 0 aromatic rings. The maximum atomic E-state index is 11.1. The Morgan fingerprint density at radius 3 is 2.29 bits per heavy atom. The molecule has 0 aliphatic rings. The number of carbonyl (C=O) groups excluding carboxylic acids is 1. The molecule has 0 heterocycles.